The third-order valence-electron chi connectivity index (χ3n) is 19.7. The van der Waals surface area contributed by atoms with E-state index in [4.69, 9.17) is 28.2 Å². The van der Waals surface area contributed by atoms with Crippen molar-refractivity contribution < 1.29 is 23.9 Å². The standard InChI is InChI=1S/C75H94N4O5S5/c1-43(2)19-15-23-47(9)29-33-74(34-30-48(10)24-16-20-44(3)4)55-39-59(87-70(55)72-57(83-74)37-51(41-80)85-72)61-64-65(77-68-63(76-64)53-27-13-14-28-54(53)69(68)82)62(67-66(61)78-89-79-67)60-40-56-71(88-60)73-58(38-52(42-81)86-73)84-75(56,35-31-49(11)25-17-21-45(5)6)36-32-50(12)26-18-22-46(7)8/h13-14,27-28,37-50H,15-26,29-36H2,1-12H3. The van der Waals surface area contributed by atoms with Crippen LogP contribution in [0, 0.1) is 47.3 Å². The molecule has 6 aromatic heterocycles. The van der Waals surface area contributed by atoms with Gasteiger partial charge in [-0.25, -0.2) is 9.97 Å². The molecule has 4 unspecified atom stereocenters. The second kappa shape index (κ2) is 28.1. The molecule has 0 bridgehead atoms. The van der Waals surface area contributed by atoms with Crippen LogP contribution in [0.1, 0.15) is 258 Å². The van der Waals surface area contributed by atoms with Gasteiger partial charge in [0.1, 0.15) is 56.2 Å². The van der Waals surface area contributed by atoms with Gasteiger partial charge >= 0.3 is 0 Å². The van der Waals surface area contributed by atoms with E-state index < -0.39 is 11.2 Å². The second-order valence-corrected chi connectivity index (χ2v) is 33.7. The average Bonchev–Trinajstić information content (AvgIpc) is 1.61. The minimum atomic E-state index is -0.649. The lowest BCUT2D eigenvalue weighted by Crippen LogP contribution is -2.36. The molecule has 474 valence electrons. The zero-order chi connectivity index (χ0) is 62.9. The fraction of sp³-hybridized carbons (Fsp3) is 0.560. The number of ketones is 1. The molecule has 89 heavy (non-hydrogen) atoms. The van der Waals surface area contributed by atoms with Crippen LogP contribution < -0.4 is 9.47 Å². The smallest absolute Gasteiger partial charge is 0.214 e. The molecule has 0 radical (unpaired) electrons. The van der Waals surface area contributed by atoms with Crippen LogP contribution in [0.4, 0.5) is 0 Å². The Morgan fingerprint density at radius 3 is 1.18 bits per heavy atom. The van der Waals surface area contributed by atoms with Crippen LogP contribution >= 0.6 is 57.1 Å². The first-order valence-corrected chi connectivity index (χ1v) is 37.8. The summed E-state index contributed by atoms with van der Waals surface area (Å²) in [5.41, 5.74) is 7.74. The fourth-order valence-electron chi connectivity index (χ4n) is 14.3. The van der Waals surface area contributed by atoms with Gasteiger partial charge in [0.15, 0.2) is 12.6 Å². The number of hydrogen-bond donors (Lipinski definition) is 0. The molecule has 3 aliphatic rings. The molecule has 1 aliphatic carbocycles. The normalized spacial score (nSPS) is 18.0. The molecule has 0 amide bonds. The Balaban J connectivity index is 1.10. The lowest BCUT2D eigenvalue weighted by atomic mass is 9.78. The predicted octanol–water partition coefficient (Wildman–Crippen LogP) is 23.5. The van der Waals surface area contributed by atoms with Crippen LogP contribution in [0.5, 0.6) is 11.5 Å². The van der Waals surface area contributed by atoms with E-state index in [0.29, 0.717) is 85.1 Å². The first-order chi connectivity index (χ1) is 42.8. The van der Waals surface area contributed by atoms with Gasteiger partial charge in [-0.3, -0.25) is 14.4 Å². The van der Waals surface area contributed by atoms with Gasteiger partial charge < -0.3 is 9.47 Å². The quantitative estimate of drug-likeness (QED) is 0.0379. The van der Waals surface area contributed by atoms with Crippen molar-refractivity contribution in [1.29, 1.82) is 0 Å². The molecule has 11 rings (SSSR count). The number of hydrogen-bond acceptors (Lipinski definition) is 14. The van der Waals surface area contributed by atoms with Crippen molar-refractivity contribution in [2.45, 2.75) is 223 Å². The molecule has 9 nitrogen and oxygen atoms in total. The Labute approximate surface area is 550 Å². The summed E-state index contributed by atoms with van der Waals surface area (Å²) < 4.78 is 25.7. The molecule has 0 spiro atoms. The van der Waals surface area contributed by atoms with Crippen molar-refractivity contribution in [2.24, 2.45) is 47.3 Å². The Bertz CT molecular complexity index is 3770. The summed E-state index contributed by atoms with van der Waals surface area (Å²) in [6, 6.07) is 16.4. The predicted molar refractivity (Wildman–Crippen MR) is 376 cm³/mol. The van der Waals surface area contributed by atoms with E-state index in [-0.39, 0.29) is 5.78 Å². The first-order valence-electron chi connectivity index (χ1n) is 33.8. The van der Waals surface area contributed by atoms with E-state index in [1.807, 2.05) is 36.4 Å². The van der Waals surface area contributed by atoms with Crippen molar-refractivity contribution in [3.63, 3.8) is 0 Å². The molecule has 0 saturated heterocycles. The van der Waals surface area contributed by atoms with Crippen LogP contribution in [0.15, 0.2) is 48.5 Å². The van der Waals surface area contributed by atoms with Crippen molar-refractivity contribution >= 4 is 97.5 Å². The van der Waals surface area contributed by atoms with Crippen LogP contribution in [0.25, 0.3) is 73.7 Å². The largest absolute Gasteiger partial charge is 0.481 e. The van der Waals surface area contributed by atoms with Crippen molar-refractivity contribution in [3.8, 4) is 63.1 Å². The molecule has 0 N–H and O–H groups in total. The number of aldehydes is 2. The molecule has 2 aromatic carbocycles. The molecule has 0 saturated carbocycles. The van der Waals surface area contributed by atoms with Crippen molar-refractivity contribution in [1.82, 2.24) is 18.7 Å². The number of nitrogens with zero attached hydrogens (tertiary/aromatic N) is 4. The maximum atomic E-state index is 14.7. The summed E-state index contributed by atoms with van der Waals surface area (Å²) in [5.74, 6) is 6.18. The minimum Gasteiger partial charge on any atom is -0.481 e. The Morgan fingerprint density at radius 2 is 0.809 bits per heavy atom. The molecular formula is C75H94N4O5S5. The van der Waals surface area contributed by atoms with E-state index in [9.17, 15) is 14.4 Å². The number of thiophene rings is 4. The van der Waals surface area contributed by atoms with Crippen LogP contribution in [0.2, 0.25) is 0 Å². The summed E-state index contributed by atoms with van der Waals surface area (Å²) in [5, 5.41) is 0. The second-order valence-electron chi connectivity index (χ2n) is 28.9. The third-order valence-corrected chi connectivity index (χ3v) is 24.9. The monoisotopic (exact) mass is 1290 g/mol. The van der Waals surface area contributed by atoms with Gasteiger partial charge in [-0.1, -0.05) is 184 Å². The summed E-state index contributed by atoms with van der Waals surface area (Å²) in [4.78, 5) is 59.0. The molecule has 0 fully saturated rings. The van der Waals surface area contributed by atoms with Gasteiger partial charge in [0.25, 0.3) is 0 Å². The summed E-state index contributed by atoms with van der Waals surface area (Å²) >= 11 is 7.66. The maximum Gasteiger partial charge on any atom is 0.214 e. The summed E-state index contributed by atoms with van der Waals surface area (Å²) in [6.45, 7) is 28.2. The lowest BCUT2D eigenvalue weighted by Gasteiger charge is -2.39. The lowest BCUT2D eigenvalue weighted by molar-refractivity contribution is 0.0322. The molecule has 2 aliphatic heterocycles. The zero-order valence-corrected chi connectivity index (χ0v) is 59.0. The summed E-state index contributed by atoms with van der Waals surface area (Å²) in [7, 11) is 0. The maximum absolute atomic E-state index is 14.7. The molecule has 4 atom stereocenters. The number of ether oxygens (including phenoxy) is 2. The van der Waals surface area contributed by atoms with Gasteiger partial charge in [-0.2, -0.15) is 8.75 Å². The van der Waals surface area contributed by atoms with Gasteiger partial charge in [-0.15, -0.1) is 45.3 Å². The number of benzene rings is 2. The number of carbonyl (C=O) groups is 3. The highest BCUT2D eigenvalue weighted by molar-refractivity contribution is 7.26. The van der Waals surface area contributed by atoms with Crippen LogP contribution in [-0.2, 0) is 11.2 Å². The Hall–Kier alpha value is -4.99. The minimum absolute atomic E-state index is 0.136. The molecule has 8 heterocycles. The van der Waals surface area contributed by atoms with Crippen LogP contribution in [-0.4, -0.2) is 37.1 Å². The SMILES string of the molecule is CC(C)CCCC(C)CCC1(CCC(C)CCCC(C)C)Oc2cc(C=O)sc2-c2sc(-c3c4nsnc4c(-c4cc5c(s4)-c4sc(C=O)cc4OC5(CCC(C)CCCC(C)C)CCC(C)CCCC(C)C)c4nc5c(nc34)C(=O)c3ccccc3-5)cc21. The highest BCUT2D eigenvalue weighted by atomic mass is 32.1. The first kappa shape index (κ1) is 65.5. The number of aromatic nitrogens is 4. The van der Waals surface area contributed by atoms with Gasteiger partial charge in [0, 0.05) is 55.3 Å². The van der Waals surface area contributed by atoms with Gasteiger partial charge in [-0.05, 0) is 111 Å². The Kier molecular flexibility index (Phi) is 20.7. The van der Waals surface area contributed by atoms with Crippen LogP contribution in [0.3, 0.4) is 0 Å². The van der Waals surface area contributed by atoms with Crippen molar-refractivity contribution in [3.05, 3.63) is 80.7 Å². The zero-order valence-electron chi connectivity index (χ0n) is 54.9. The van der Waals surface area contributed by atoms with E-state index in [1.165, 1.54) is 117 Å². The number of carbonyl (C=O) groups excluding carboxylic acids is 3. The third kappa shape index (κ3) is 13.9. The van der Waals surface area contributed by atoms with E-state index in [0.717, 1.165) is 138 Å². The fourth-order valence-corrected chi connectivity index (χ4v) is 19.5. The molecule has 8 aromatic rings. The van der Waals surface area contributed by atoms with E-state index in [1.54, 1.807) is 22.7 Å². The van der Waals surface area contributed by atoms with Crippen molar-refractivity contribution in [2.75, 3.05) is 0 Å². The highest BCUT2D eigenvalue weighted by Gasteiger charge is 2.47. The summed E-state index contributed by atoms with van der Waals surface area (Å²) in [6.07, 6.45) is 23.8. The highest BCUT2D eigenvalue weighted by Crippen LogP contribution is 2.61. The number of rotatable bonds is 32. The van der Waals surface area contributed by atoms with E-state index in [2.05, 4.69) is 95.2 Å². The molecular weight excluding hydrogens is 1200 g/mol. The van der Waals surface area contributed by atoms with E-state index >= 15 is 0 Å². The average molecular weight is 1290 g/mol. The topological polar surface area (TPSA) is 121 Å². The van der Waals surface area contributed by atoms with Gasteiger partial charge in [0.2, 0.25) is 5.78 Å². The number of fused-ring (bicyclic) bond motifs is 11. The van der Waals surface area contributed by atoms with Gasteiger partial charge in [0.05, 0.1) is 41.0 Å². The molecule has 14 heteroatoms. The Morgan fingerprint density at radius 1 is 0.438 bits per heavy atom.